The van der Waals surface area contributed by atoms with Gasteiger partial charge >= 0.3 is 10.3 Å². The number of hydrogen-bond donors (Lipinski definition) is 3. The maximum absolute atomic E-state index is 13.4. The molecule has 2 aliphatic carbocycles. The predicted octanol–water partition coefficient (Wildman–Crippen LogP) is 2.28. The van der Waals surface area contributed by atoms with Crippen molar-refractivity contribution in [3.05, 3.63) is 65.0 Å². The Kier molecular flexibility index (Phi) is 7.67. The number of nitrogens with one attached hydrogen (secondary N) is 1. The van der Waals surface area contributed by atoms with E-state index in [0.29, 0.717) is 37.1 Å². The number of carbonyl (C=O) groups is 1. The number of aromatic nitrogens is 3. The van der Waals surface area contributed by atoms with Crippen LogP contribution in [0.1, 0.15) is 35.3 Å². The van der Waals surface area contributed by atoms with Crippen molar-refractivity contribution in [3.8, 4) is 0 Å². The highest BCUT2D eigenvalue weighted by atomic mass is 35.5. The molecule has 35 heavy (non-hydrogen) atoms. The lowest BCUT2D eigenvalue weighted by Crippen LogP contribution is -2.24. The number of nitrogens with two attached hydrogens (primary N) is 1. The number of aliphatic hydroxyl groups is 1. The van der Waals surface area contributed by atoms with Crippen molar-refractivity contribution in [3.63, 3.8) is 0 Å². The minimum atomic E-state index is -4.10. The molecule has 0 aliphatic heterocycles. The fourth-order valence-corrected chi connectivity index (χ4v) is 4.92. The Hall–Kier alpha value is -2.64. The van der Waals surface area contributed by atoms with Gasteiger partial charge in [0, 0.05) is 48.7 Å². The van der Waals surface area contributed by atoms with E-state index in [1.807, 2.05) is 0 Å². The molecule has 0 spiro atoms. The van der Waals surface area contributed by atoms with Crippen molar-refractivity contribution in [2.45, 2.75) is 38.0 Å². The van der Waals surface area contributed by atoms with Gasteiger partial charge < -0.3 is 10.4 Å². The summed E-state index contributed by atoms with van der Waals surface area (Å²) in [6.45, 7) is 0.217. The summed E-state index contributed by atoms with van der Waals surface area (Å²) in [4.78, 5) is 17.2. The molecule has 2 heterocycles. The van der Waals surface area contributed by atoms with Crippen LogP contribution >= 0.6 is 11.6 Å². The molecule has 2 aromatic heterocycles. The second kappa shape index (κ2) is 10.5. The molecule has 13 heteroatoms. The van der Waals surface area contributed by atoms with Crippen molar-refractivity contribution < 1.29 is 26.9 Å². The fourth-order valence-electron chi connectivity index (χ4n) is 4.30. The molecular formula is C22H25ClFN5O5S. The van der Waals surface area contributed by atoms with Crippen LogP contribution in [-0.4, -0.2) is 52.8 Å². The van der Waals surface area contributed by atoms with Gasteiger partial charge in [-0.2, -0.15) is 13.5 Å². The standard InChI is InChI=1S/C22H25ClFN5O5S/c23-17-7-13(1-2-18(17)24)11-29-6-4-20(28-29)22(31)16-10-26-5-3-19(16)27-15-8-14(21(30)9-15)12-34-35(25,32)33/h1-6,10,13-15,21,30H,7-9,11-12H2,(H,26,27)(H2,25,32,33). The summed E-state index contributed by atoms with van der Waals surface area (Å²) in [5.74, 6) is -1.24. The number of hydrogen-bond acceptors (Lipinski definition) is 8. The van der Waals surface area contributed by atoms with Gasteiger partial charge in [-0.05, 0) is 37.5 Å². The number of allylic oxidation sites excluding steroid dienone is 4. The van der Waals surface area contributed by atoms with Gasteiger partial charge in [0.1, 0.15) is 11.5 Å². The van der Waals surface area contributed by atoms with Crippen LogP contribution in [-0.2, 0) is 21.0 Å². The van der Waals surface area contributed by atoms with Crippen LogP contribution in [0.4, 0.5) is 10.1 Å². The van der Waals surface area contributed by atoms with Crippen molar-refractivity contribution in [1.82, 2.24) is 14.8 Å². The maximum Gasteiger partial charge on any atom is 0.333 e. The molecule has 0 saturated heterocycles. The van der Waals surface area contributed by atoms with Crippen LogP contribution in [0.25, 0.3) is 0 Å². The predicted molar refractivity (Wildman–Crippen MR) is 126 cm³/mol. The average molecular weight is 526 g/mol. The first-order chi connectivity index (χ1) is 16.6. The summed E-state index contributed by atoms with van der Waals surface area (Å²) < 4.78 is 41.8. The third-order valence-electron chi connectivity index (χ3n) is 6.04. The molecule has 1 fully saturated rings. The Morgan fingerprint density at radius 1 is 1.37 bits per heavy atom. The summed E-state index contributed by atoms with van der Waals surface area (Å²) in [5, 5.41) is 22.9. The first-order valence-electron chi connectivity index (χ1n) is 11.0. The Labute approximate surface area is 206 Å². The van der Waals surface area contributed by atoms with Gasteiger partial charge in [-0.1, -0.05) is 17.7 Å². The fraction of sp³-hybridized carbons (Fsp3) is 0.409. The zero-order chi connectivity index (χ0) is 25.2. The molecule has 188 valence electrons. The van der Waals surface area contributed by atoms with E-state index >= 15 is 0 Å². The van der Waals surface area contributed by atoms with Crippen molar-refractivity contribution in [2.24, 2.45) is 17.0 Å². The lowest BCUT2D eigenvalue weighted by Gasteiger charge is -2.17. The van der Waals surface area contributed by atoms with Crippen LogP contribution in [0, 0.1) is 11.8 Å². The Morgan fingerprint density at radius 2 is 2.17 bits per heavy atom. The van der Waals surface area contributed by atoms with Gasteiger partial charge in [-0.25, -0.2) is 9.53 Å². The van der Waals surface area contributed by atoms with E-state index in [9.17, 15) is 22.7 Å². The zero-order valence-corrected chi connectivity index (χ0v) is 20.1. The molecular weight excluding hydrogens is 501 g/mol. The summed E-state index contributed by atoms with van der Waals surface area (Å²) >= 11 is 5.91. The average Bonchev–Trinajstić information content (AvgIpc) is 3.40. The second-order valence-corrected chi connectivity index (χ2v) is 10.3. The molecule has 0 aromatic carbocycles. The topological polar surface area (TPSA) is 149 Å². The van der Waals surface area contributed by atoms with E-state index in [0.717, 1.165) is 0 Å². The minimum Gasteiger partial charge on any atom is -0.393 e. The van der Waals surface area contributed by atoms with Gasteiger partial charge in [-0.3, -0.25) is 18.6 Å². The van der Waals surface area contributed by atoms with E-state index in [2.05, 4.69) is 19.6 Å². The summed E-state index contributed by atoms with van der Waals surface area (Å²) in [7, 11) is -4.10. The molecule has 0 amide bonds. The number of rotatable bonds is 9. The Balaban J connectivity index is 1.41. The molecule has 4 rings (SSSR count). The summed E-state index contributed by atoms with van der Waals surface area (Å²) in [6.07, 6.45) is 8.07. The first-order valence-corrected chi connectivity index (χ1v) is 12.8. The molecule has 2 aromatic rings. The van der Waals surface area contributed by atoms with E-state index in [1.54, 1.807) is 29.1 Å². The van der Waals surface area contributed by atoms with Crippen molar-refractivity contribution in [2.75, 3.05) is 11.9 Å². The summed E-state index contributed by atoms with van der Waals surface area (Å²) in [6, 6.07) is 3.03. The highest BCUT2D eigenvalue weighted by molar-refractivity contribution is 7.84. The zero-order valence-electron chi connectivity index (χ0n) is 18.5. The molecule has 1 saturated carbocycles. The minimum absolute atomic E-state index is 0.0413. The molecule has 0 radical (unpaired) electrons. The lowest BCUT2D eigenvalue weighted by atomic mass is 10.0. The number of aliphatic hydroxyl groups excluding tert-OH is 1. The van der Waals surface area contributed by atoms with Crippen molar-refractivity contribution >= 4 is 33.4 Å². The van der Waals surface area contributed by atoms with Crippen LogP contribution in [0.3, 0.4) is 0 Å². The molecule has 2 aliphatic rings. The molecule has 4 N–H and O–H groups in total. The normalized spacial score (nSPS) is 24.7. The van der Waals surface area contributed by atoms with Gasteiger partial charge in [0.15, 0.2) is 0 Å². The van der Waals surface area contributed by atoms with Gasteiger partial charge in [0.2, 0.25) is 5.78 Å². The van der Waals surface area contributed by atoms with Crippen LogP contribution in [0.2, 0.25) is 0 Å². The number of halogens is 2. The Bertz CT molecular complexity index is 1260. The van der Waals surface area contributed by atoms with Crippen LogP contribution in [0.15, 0.2) is 53.7 Å². The lowest BCUT2D eigenvalue weighted by molar-refractivity contribution is 0.101. The number of anilines is 1. The number of ketones is 1. The third-order valence-corrected chi connectivity index (χ3v) is 6.84. The van der Waals surface area contributed by atoms with Gasteiger partial charge in [-0.15, -0.1) is 0 Å². The quantitative estimate of drug-likeness (QED) is 0.422. The second-order valence-electron chi connectivity index (χ2n) is 8.67. The molecule has 4 unspecified atom stereocenters. The Morgan fingerprint density at radius 3 is 2.91 bits per heavy atom. The van der Waals surface area contributed by atoms with Crippen LogP contribution in [0.5, 0.6) is 0 Å². The van der Waals surface area contributed by atoms with Gasteiger partial charge in [0.25, 0.3) is 0 Å². The highest BCUT2D eigenvalue weighted by Crippen LogP contribution is 2.31. The number of nitrogens with zero attached hydrogens (tertiary/aromatic N) is 3. The maximum atomic E-state index is 13.4. The monoisotopic (exact) mass is 525 g/mol. The van der Waals surface area contributed by atoms with E-state index in [-0.39, 0.29) is 35.1 Å². The largest absolute Gasteiger partial charge is 0.393 e. The highest BCUT2D eigenvalue weighted by Gasteiger charge is 2.34. The van der Waals surface area contributed by atoms with Crippen LogP contribution < -0.4 is 10.5 Å². The first kappa shape index (κ1) is 25.5. The van der Waals surface area contributed by atoms with Gasteiger partial charge in [0.05, 0.1) is 23.3 Å². The van der Waals surface area contributed by atoms with Crippen molar-refractivity contribution in [1.29, 1.82) is 0 Å². The molecule has 10 nitrogen and oxygen atoms in total. The third kappa shape index (κ3) is 6.53. The van der Waals surface area contributed by atoms with E-state index in [1.165, 1.54) is 18.5 Å². The SMILES string of the molecule is NS(=O)(=O)OCC1CC(Nc2ccncc2C(=O)c2ccn(CC3C=CC(F)=C(Cl)C3)n2)CC1O. The smallest absolute Gasteiger partial charge is 0.333 e. The molecule has 4 atom stereocenters. The number of carbonyl (C=O) groups excluding carboxylic acids is 1. The molecule has 0 bridgehead atoms. The number of pyridine rings is 1. The van der Waals surface area contributed by atoms with E-state index in [4.69, 9.17) is 16.7 Å². The van der Waals surface area contributed by atoms with E-state index < -0.39 is 28.2 Å². The summed E-state index contributed by atoms with van der Waals surface area (Å²) in [5.41, 5.74) is 1.05.